The van der Waals surface area contributed by atoms with Crippen LogP contribution in [0.1, 0.15) is 13.8 Å². The number of benzene rings is 2. The summed E-state index contributed by atoms with van der Waals surface area (Å²) >= 11 is 1.32. The van der Waals surface area contributed by atoms with Gasteiger partial charge in [0.15, 0.2) is 16.6 Å². The molecule has 8 nitrogen and oxygen atoms in total. The third-order valence-electron chi connectivity index (χ3n) is 4.06. The highest BCUT2D eigenvalue weighted by molar-refractivity contribution is 7.92. The van der Waals surface area contributed by atoms with E-state index in [0.29, 0.717) is 27.8 Å². The normalized spacial score (nSPS) is 11.5. The molecule has 0 bridgehead atoms. The fraction of sp³-hybridized carbons (Fsp3) is 0.263. The van der Waals surface area contributed by atoms with Gasteiger partial charge in [0.25, 0.3) is 10.0 Å². The Kier molecular flexibility index (Phi) is 5.94. The first kappa shape index (κ1) is 20.9. The van der Waals surface area contributed by atoms with Gasteiger partial charge >= 0.3 is 0 Å². The molecule has 0 aliphatic rings. The van der Waals surface area contributed by atoms with E-state index in [0.717, 1.165) is 4.70 Å². The van der Waals surface area contributed by atoms with Gasteiger partial charge in [-0.05, 0) is 30.3 Å². The molecule has 29 heavy (non-hydrogen) atoms. The number of rotatable bonds is 7. The zero-order valence-electron chi connectivity index (χ0n) is 16.3. The molecule has 3 aromatic rings. The van der Waals surface area contributed by atoms with Crippen LogP contribution in [-0.4, -0.2) is 33.5 Å². The number of fused-ring (bicyclic) bond motifs is 1. The zero-order chi connectivity index (χ0) is 21.2. The van der Waals surface area contributed by atoms with E-state index in [4.69, 9.17) is 9.47 Å². The minimum Gasteiger partial charge on any atom is -0.493 e. The molecule has 0 spiro atoms. The number of amides is 1. The van der Waals surface area contributed by atoms with E-state index in [2.05, 4.69) is 15.0 Å². The maximum atomic E-state index is 12.7. The van der Waals surface area contributed by atoms with Gasteiger partial charge in [0.1, 0.15) is 0 Å². The predicted octanol–water partition coefficient (Wildman–Crippen LogP) is 3.71. The second kappa shape index (κ2) is 8.26. The van der Waals surface area contributed by atoms with Crippen molar-refractivity contribution in [3.05, 3.63) is 36.4 Å². The highest BCUT2D eigenvalue weighted by atomic mass is 32.2. The van der Waals surface area contributed by atoms with E-state index < -0.39 is 10.0 Å². The molecule has 3 rings (SSSR count). The van der Waals surface area contributed by atoms with Crippen molar-refractivity contribution in [1.29, 1.82) is 0 Å². The van der Waals surface area contributed by atoms with Crippen molar-refractivity contribution in [2.45, 2.75) is 18.7 Å². The van der Waals surface area contributed by atoms with E-state index in [1.165, 1.54) is 43.8 Å². The number of nitrogens with one attached hydrogen (secondary N) is 2. The number of methoxy groups -OCH3 is 2. The van der Waals surface area contributed by atoms with Gasteiger partial charge in [-0.15, -0.1) is 0 Å². The van der Waals surface area contributed by atoms with Crippen LogP contribution in [0.3, 0.4) is 0 Å². The molecule has 0 saturated heterocycles. The Bertz CT molecular complexity index is 1160. The molecule has 0 aliphatic heterocycles. The Hall–Kier alpha value is -2.85. The fourth-order valence-corrected chi connectivity index (χ4v) is 4.41. The summed E-state index contributed by atoms with van der Waals surface area (Å²) in [7, 11) is -0.927. The third-order valence-corrected chi connectivity index (χ3v) is 6.39. The van der Waals surface area contributed by atoms with E-state index in [9.17, 15) is 13.2 Å². The number of hydrogen-bond donors (Lipinski definition) is 2. The molecule has 0 fully saturated rings. The molecule has 0 aliphatic carbocycles. The minimum atomic E-state index is -3.84. The molecule has 0 atom stereocenters. The van der Waals surface area contributed by atoms with Crippen molar-refractivity contribution in [1.82, 2.24) is 4.98 Å². The second-order valence-corrected chi connectivity index (χ2v) is 9.18. The summed E-state index contributed by atoms with van der Waals surface area (Å²) < 4.78 is 39.2. The molecule has 2 aromatic carbocycles. The van der Waals surface area contributed by atoms with Gasteiger partial charge in [0, 0.05) is 12.0 Å². The summed E-state index contributed by atoms with van der Waals surface area (Å²) in [5, 5.41) is 3.22. The number of carbonyl (C=O) groups is 1. The SMILES string of the molecule is COc1ccc(S(=O)(=O)Nc2ccc3sc(NC(=O)C(C)C)nc3c2)cc1OC. The largest absolute Gasteiger partial charge is 0.493 e. The van der Waals surface area contributed by atoms with Crippen LogP contribution in [0.5, 0.6) is 11.5 Å². The van der Waals surface area contributed by atoms with Gasteiger partial charge < -0.3 is 14.8 Å². The average Bonchev–Trinajstić information content (AvgIpc) is 3.08. The van der Waals surface area contributed by atoms with E-state index in [-0.39, 0.29) is 16.7 Å². The lowest BCUT2D eigenvalue weighted by Crippen LogP contribution is -2.17. The summed E-state index contributed by atoms with van der Waals surface area (Å²) in [5.74, 6) is 0.464. The maximum Gasteiger partial charge on any atom is 0.262 e. The lowest BCUT2D eigenvalue weighted by Gasteiger charge is -2.11. The summed E-state index contributed by atoms with van der Waals surface area (Å²) in [6, 6.07) is 9.37. The molecule has 0 unspecified atom stereocenters. The van der Waals surface area contributed by atoms with Gasteiger partial charge in [-0.3, -0.25) is 9.52 Å². The molecule has 0 radical (unpaired) electrons. The quantitative estimate of drug-likeness (QED) is 0.586. The van der Waals surface area contributed by atoms with Crippen LogP contribution in [0.25, 0.3) is 10.2 Å². The lowest BCUT2D eigenvalue weighted by atomic mass is 10.2. The van der Waals surface area contributed by atoms with Crippen LogP contribution in [0.2, 0.25) is 0 Å². The van der Waals surface area contributed by atoms with Crippen LogP contribution < -0.4 is 19.5 Å². The molecule has 1 heterocycles. The molecular weight excluding hydrogens is 414 g/mol. The maximum absolute atomic E-state index is 12.7. The number of anilines is 2. The Morgan fingerprint density at radius 3 is 2.45 bits per heavy atom. The number of hydrogen-bond acceptors (Lipinski definition) is 7. The van der Waals surface area contributed by atoms with Crippen molar-refractivity contribution in [3.8, 4) is 11.5 Å². The van der Waals surface area contributed by atoms with Gasteiger partial charge in [0.05, 0.1) is 35.0 Å². The minimum absolute atomic E-state index is 0.0402. The summed E-state index contributed by atoms with van der Waals surface area (Å²) in [6.45, 7) is 3.59. The first-order chi connectivity index (χ1) is 13.7. The van der Waals surface area contributed by atoms with Crippen molar-refractivity contribution in [3.63, 3.8) is 0 Å². The highest BCUT2D eigenvalue weighted by Gasteiger charge is 2.18. The van der Waals surface area contributed by atoms with E-state index in [1.54, 1.807) is 32.0 Å². The standard InChI is InChI=1S/C19H21N3O5S2/c1-11(2)18(23)21-19-20-14-9-12(5-8-17(14)28-19)22-29(24,25)13-6-7-15(26-3)16(10-13)27-4/h5-11,22H,1-4H3,(H,20,21,23). The van der Waals surface area contributed by atoms with Crippen LogP contribution in [0.4, 0.5) is 10.8 Å². The van der Waals surface area contributed by atoms with Gasteiger partial charge in [-0.2, -0.15) is 0 Å². The Labute approximate surface area is 172 Å². The summed E-state index contributed by atoms with van der Waals surface area (Å²) in [5.41, 5.74) is 0.945. The Morgan fingerprint density at radius 1 is 1.07 bits per heavy atom. The molecule has 0 saturated carbocycles. The zero-order valence-corrected chi connectivity index (χ0v) is 18.0. The van der Waals surface area contributed by atoms with Gasteiger partial charge in [-0.25, -0.2) is 13.4 Å². The molecule has 154 valence electrons. The Morgan fingerprint density at radius 2 is 1.79 bits per heavy atom. The number of aromatic nitrogens is 1. The van der Waals surface area contributed by atoms with Crippen LogP contribution in [0, 0.1) is 5.92 Å². The third kappa shape index (κ3) is 4.60. The fourth-order valence-electron chi connectivity index (χ4n) is 2.49. The molecule has 1 aromatic heterocycles. The van der Waals surface area contributed by atoms with Gasteiger partial charge in [-0.1, -0.05) is 25.2 Å². The van der Waals surface area contributed by atoms with Gasteiger partial charge in [0.2, 0.25) is 5.91 Å². The molecular formula is C19H21N3O5S2. The lowest BCUT2D eigenvalue weighted by molar-refractivity contribution is -0.118. The number of sulfonamides is 1. The number of ether oxygens (including phenoxy) is 2. The summed E-state index contributed by atoms with van der Waals surface area (Å²) in [4.78, 5) is 16.2. The van der Waals surface area contributed by atoms with Crippen molar-refractivity contribution < 1.29 is 22.7 Å². The number of carbonyl (C=O) groups excluding carboxylic acids is 1. The predicted molar refractivity (Wildman–Crippen MR) is 113 cm³/mol. The summed E-state index contributed by atoms with van der Waals surface area (Å²) in [6.07, 6.45) is 0. The number of nitrogens with zero attached hydrogens (tertiary/aromatic N) is 1. The topological polar surface area (TPSA) is 107 Å². The molecule has 1 amide bonds. The second-order valence-electron chi connectivity index (χ2n) is 6.47. The molecule has 10 heteroatoms. The first-order valence-corrected chi connectivity index (χ1v) is 11.0. The van der Waals surface area contributed by atoms with Crippen LogP contribution >= 0.6 is 11.3 Å². The van der Waals surface area contributed by atoms with Crippen LogP contribution in [0.15, 0.2) is 41.3 Å². The van der Waals surface area contributed by atoms with Crippen molar-refractivity contribution in [2.75, 3.05) is 24.3 Å². The highest BCUT2D eigenvalue weighted by Crippen LogP contribution is 2.32. The smallest absolute Gasteiger partial charge is 0.262 e. The van der Waals surface area contributed by atoms with Crippen LogP contribution in [-0.2, 0) is 14.8 Å². The number of thiazole rings is 1. The van der Waals surface area contributed by atoms with Crippen molar-refractivity contribution >= 4 is 48.3 Å². The average molecular weight is 436 g/mol. The monoisotopic (exact) mass is 435 g/mol. The van der Waals surface area contributed by atoms with Crippen molar-refractivity contribution in [2.24, 2.45) is 5.92 Å². The van der Waals surface area contributed by atoms with E-state index >= 15 is 0 Å². The Balaban J connectivity index is 1.86. The van der Waals surface area contributed by atoms with E-state index in [1.807, 2.05) is 0 Å². The first-order valence-electron chi connectivity index (χ1n) is 8.70. The molecule has 2 N–H and O–H groups in total.